The fraction of sp³-hybridized carbons (Fsp3) is 0.500. The molecule has 20 heavy (non-hydrogen) atoms. The summed E-state index contributed by atoms with van der Waals surface area (Å²) < 4.78 is 0. The molecule has 1 fully saturated rings. The van der Waals surface area contributed by atoms with Crippen LogP contribution in [0.15, 0.2) is 18.2 Å². The summed E-state index contributed by atoms with van der Waals surface area (Å²) in [7, 11) is 0. The van der Waals surface area contributed by atoms with Crippen molar-refractivity contribution in [2.75, 3.05) is 11.9 Å². The van der Waals surface area contributed by atoms with Gasteiger partial charge in [0.1, 0.15) is 0 Å². The van der Waals surface area contributed by atoms with Gasteiger partial charge < -0.3 is 10.6 Å². The van der Waals surface area contributed by atoms with Crippen LogP contribution in [0.2, 0.25) is 0 Å². The topological polar surface area (TPSA) is 84.3 Å². The number of aryl methyl sites for hydroxylation is 1. The molecule has 1 saturated heterocycles. The molecule has 0 aliphatic carbocycles. The summed E-state index contributed by atoms with van der Waals surface area (Å²) in [6.45, 7) is 4.59. The lowest BCUT2D eigenvalue weighted by atomic mass is 9.93. The van der Waals surface area contributed by atoms with Gasteiger partial charge in [0.25, 0.3) is 5.69 Å². The van der Waals surface area contributed by atoms with Gasteiger partial charge >= 0.3 is 0 Å². The molecule has 1 atom stereocenters. The Kier molecular flexibility index (Phi) is 4.04. The lowest BCUT2D eigenvalue weighted by Crippen LogP contribution is -2.50. The minimum Gasteiger partial charge on any atom is -0.324 e. The molecule has 0 spiro atoms. The van der Waals surface area contributed by atoms with E-state index in [1.54, 1.807) is 13.0 Å². The van der Waals surface area contributed by atoms with E-state index in [1.807, 2.05) is 6.92 Å². The first kappa shape index (κ1) is 14.5. The Hall–Kier alpha value is -1.95. The number of anilines is 1. The van der Waals surface area contributed by atoms with Gasteiger partial charge in [0, 0.05) is 17.8 Å². The van der Waals surface area contributed by atoms with Crippen molar-refractivity contribution in [3.05, 3.63) is 33.9 Å². The molecule has 0 radical (unpaired) electrons. The molecule has 1 amide bonds. The smallest absolute Gasteiger partial charge is 0.269 e. The van der Waals surface area contributed by atoms with E-state index in [-0.39, 0.29) is 11.6 Å². The maximum Gasteiger partial charge on any atom is 0.269 e. The monoisotopic (exact) mass is 277 g/mol. The zero-order valence-corrected chi connectivity index (χ0v) is 11.7. The molecule has 1 aliphatic rings. The Morgan fingerprint density at radius 3 is 2.80 bits per heavy atom. The van der Waals surface area contributed by atoms with Crippen molar-refractivity contribution in [2.24, 2.45) is 0 Å². The molecule has 1 aromatic rings. The highest BCUT2D eigenvalue weighted by Gasteiger charge is 2.39. The van der Waals surface area contributed by atoms with Crippen LogP contribution in [-0.2, 0) is 4.79 Å². The molecule has 2 N–H and O–H groups in total. The lowest BCUT2D eigenvalue weighted by Gasteiger charge is -2.27. The molecule has 1 heterocycles. The predicted molar refractivity (Wildman–Crippen MR) is 76.7 cm³/mol. The molecule has 1 unspecified atom stereocenters. The van der Waals surface area contributed by atoms with Crippen LogP contribution in [0, 0.1) is 17.0 Å². The van der Waals surface area contributed by atoms with Crippen LogP contribution in [0.3, 0.4) is 0 Å². The highest BCUT2D eigenvalue weighted by Crippen LogP contribution is 2.27. The largest absolute Gasteiger partial charge is 0.324 e. The van der Waals surface area contributed by atoms with Crippen LogP contribution in [0.4, 0.5) is 11.4 Å². The van der Waals surface area contributed by atoms with Crippen LogP contribution in [-0.4, -0.2) is 22.9 Å². The maximum absolute atomic E-state index is 12.4. The summed E-state index contributed by atoms with van der Waals surface area (Å²) >= 11 is 0. The van der Waals surface area contributed by atoms with Crippen LogP contribution >= 0.6 is 0 Å². The molecule has 6 heteroatoms. The van der Waals surface area contributed by atoms with Crippen molar-refractivity contribution in [3.8, 4) is 0 Å². The van der Waals surface area contributed by atoms with Crippen LogP contribution in [0.25, 0.3) is 0 Å². The number of non-ortho nitro benzene ring substituents is 1. The summed E-state index contributed by atoms with van der Waals surface area (Å²) in [5.74, 6) is -0.0607. The molecule has 6 nitrogen and oxygen atoms in total. The number of nitrogens with one attached hydrogen (secondary N) is 2. The SMILES string of the molecule is CCC1(C(=O)Nc2ccc([N+](=O)[O-])cc2C)CCCN1. The summed E-state index contributed by atoms with van der Waals surface area (Å²) in [6.07, 6.45) is 2.53. The number of carbonyl (C=O) groups excluding carboxylic acids is 1. The fourth-order valence-corrected chi connectivity index (χ4v) is 2.61. The Balaban J connectivity index is 2.17. The van der Waals surface area contributed by atoms with Gasteiger partial charge in [-0.3, -0.25) is 14.9 Å². The minimum atomic E-state index is -0.506. The Morgan fingerprint density at radius 2 is 2.30 bits per heavy atom. The summed E-state index contributed by atoms with van der Waals surface area (Å²) in [5, 5.41) is 16.9. The van der Waals surface area contributed by atoms with E-state index >= 15 is 0 Å². The second kappa shape index (κ2) is 5.58. The van der Waals surface area contributed by atoms with Gasteiger partial charge in [0.15, 0.2) is 0 Å². The van der Waals surface area contributed by atoms with Crippen LogP contribution < -0.4 is 10.6 Å². The highest BCUT2D eigenvalue weighted by atomic mass is 16.6. The van der Waals surface area contributed by atoms with E-state index in [2.05, 4.69) is 10.6 Å². The van der Waals surface area contributed by atoms with Gasteiger partial charge in [0.2, 0.25) is 5.91 Å². The summed E-state index contributed by atoms with van der Waals surface area (Å²) in [4.78, 5) is 22.7. The van der Waals surface area contributed by atoms with E-state index in [0.717, 1.165) is 25.8 Å². The molecule has 2 rings (SSSR count). The van der Waals surface area contributed by atoms with E-state index in [4.69, 9.17) is 0 Å². The van der Waals surface area contributed by atoms with E-state index in [1.165, 1.54) is 12.1 Å². The third-order valence-corrected chi connectivity index (χ3v) is 3.95. The average molecular weight is 277 g/mol. The number of hydrogen-bond donors (Lipinski definition) is 2. The highest BCUT2D eigenvalue weighted by molar-refractivity contribution is 5.99. The van der Waals surface area contributed by atoms with Crippen molar-refractivity contribution in [3.63, 3.8) is 0 Å². The molecule has 0 aromatic heterocycles. The molecule has 1 aliphatic heterocycles. The number of amides is 1. The van der Waals surface area contributed by atoms with Gasteiger partial charge in [-0.1, -0.05) is 6.92 Å². The zero-order chi connectivity index (χ0) is 14.8. The normalized spacial score (nSPS) is 21.7. The first-order valence-corrected chi connectivity index (χ1v) is 6.80. The number of benzene rings is 1. The molecule has 0 saturated carbocycles. The van der Waals surface area contributed by atoms with Gasteiger partial charge in [-0.2, -0.15) is 0 Å². The first-order chi connectivity index (χ1) is 9.48. The number of carbonyl (C=O) groups is 1. The second-order valence-corrected chi connectivity index (χ2v) is 5.18. The van der Waals surface area contributed by atoms with Gasteiger partial charge in [-0.05, 0) is 44.4 Å². The van der Waals surface area contributed by atoms with Crippen molar-refractivity contribution in [1.82, 2.24) is 5.32 Å². The third-order valence-electron chi connectivity index (χ3n) is 3.95. The van der Waals surface area contributed by atoms with Gasteiger partial charge in [-0.15, -0.1) is 0 Å². The summed E-state index contributed by atoms with van der Waals surface area (Å²) in [6, 6.07) is 4.46. The van der Waals surface area contributed by atoms with Gasteiger partial charge in [-0.25, -0.2) is 0 Å². The molecule has 108 valence electrons. The Labute approximate surface area is 117 Å². The molecular weight excluding hydrogens is 258 g/mol. The van der Waals surface area contributed by atoms with Crippen molar-refractivity contribution in [1.29, 1.82) is 0 Å². The number of nitrogens with zero attached hydrogens (tertiary/aromatic N) is 1. The molecule has 0 bridgehead atoms. The second-order valence-electron chi connectivity index (χ2n) is 5.18. The number of nitro benzene ring substituents is 1. The maximum atomic E-state index is 12.4. The van der Waals surface area contributed by atoms with Crippen LogP contribution in [0.5, 0.6) is 0 Å². The zero-order valence-electron chi connectivity index (χ0n) is 11.7. The first-order valence-electron chi connectivity index (χ1n) is 6.80. The van der Waals surface area contributed by atoms with E-state index in [9.17, 15) is 14.9 Å². The minimum absolute atomic E-state index is 0.0321. The quantitative estimate of drug-likeness (QED) is 0.653. The third kappa shape index (κ3) is 2.65. The van der Waals surface area contributed by atoms with E-state index < -0.39 is 10.5 Å². The van der Waals surface area contributed by atoms with E-state index in [0.29, 0.717) is 11.3 Å². The predicted octanol–water partition coefficient (Wildman–Crippen LogP) is 2.37. The average Bonchev–Trinajstić information content (AvgIpc) is 2.90. The Morgan fingerprint density at radius 1 is 1.55 bits per heavy atom. The van der Waals surface area contributed by atoms with Crippen molar-refractivity contribution >= 4 is 17.3 Å². The summed E-state index contributed by atoms with van der Waals surface area (Å²) in [5.41, 5.74) is 0.845. The Bertz CT molecular complexity index is 536. The number of hydrogen-bond acceptors (Lipinski definition) is 4. The molecular formula is C14H19N3O3. The number of rotatable bonds is 4. The molecule has 1 aromatic carbocycles. The van der Waals surface area contributed by atoms with Crippen molar-refractivity contribution < 1.29 is 9.72 Å². The van der Waals surface area contributed by atoms with Crippen LogP contribution in [0.1, 0.15) is 31.7 Å². The number of nitro groups is 1. The van der Waals surface area contributed by atoms with Crippen molar-refractivity contribution in [2.45, 2.75) is 38.6 Å². The lowest BCUT2D eigenvalue weighted by molar-refractivity contribution is -0.384. The standard InChI is InChI=1S/C14H19N3O3/c1-3-14(7-4-8-15-14)13(18)16-12-6-5-11(17(19)20)9-10(12)2/h5-6,9,15H,3-4,7-8H2,1-2H3,(H,16,18). The van der Waals surface area contributed by atoms with Gasteiger partial charge in [0.05, 0.1) is 10.5 Å². The fourth-order valence-electron chi connectivity index (χ4n) is 2.61.